The van der Waals surface area contributed by atoms with E-state index >= 15 is 0 Å². The molecule has 1 aliphatic rings. The highest BCUT2D eigenvalue weighted by molar-refractivity contribution is 6.10. The molecule has 1 saturated heterocycles. The number of nitrogens with zero attached hydrogens (tertiary/aromatic N) is 1. The van der Waals surface area contributed by atoms with Crippen LogP contribution in [-0.4, -0.2) is 49.6 Å². The van der Waals surface area contributed by atoms with Crippen LogP contribution in [-0.2, 0) is 15.1 Å². The lowest BCUT2D eigenvalue weighted by Gasteiger charge is -2.22. The molecule has 32 heavy (non-hydrogen) atoms. The molecule has 2 aromatic rings. The van der Waals surface area contributed by atoms with Crippen molar-refractivity contribution in [3.8, 4) is 17.2 Å². The van der Waals surface area contributed by atoms with E-state index < -0.39 is 29.9 Å². The normalized spacial score (nSPS) is 17.7. The molecule has 0 aliphatic carbocycles. The van der Waals surface area contributed by atoms with Crippen molar-refractivity contribution >= 4 is 23.5 Å². The fourth-order valence-corrected chi connectivity index (χ4v) is 3.44. The Hall–Kier alpha value is -3.75. The minimum atomic E-state index is -1.28. The SMILES string of the molecule is CCOc1ccc(OCC)c(NC(=O)CN2C(=O)NC(C)(c3ccc(OC)cc3)C2=O)c1. The summed E-state index contributed by atoms with van der Waals surface area (Å²) in [6, 6.07) is 11.2. The van der Waals surface area contributed by atoms with Gasteiger partial charge in [-0.15, -0.1) is 0 Å². The lowest BCUT2D eigenvalue weighted by Crippen LogP contribution is -2.42. The maximum atomic E-state index is 13.1. The molecule has 0 aromatic heterocycles. The van der Waals surface area contributed by atoms with E-state index in [1.54, 1.807) is 56.5 Å². The van der Waals surface area contributed by atoms with E-state index in [4.69, 9.17) is 14.2 Å². The van der Waals surface area contributed by atoms with Gasteiger partial charge in [-0.3, -0.25) is 14.5 Å². The van der Waals surface area contributed by atoms with Gasteiger partial charge in [0.25, 0.3) is 5.91 Å². The number of amides is 4. The monoisotopic (exact) mass is 441 g/mol. The highest BCUT2D eigenvalue weighted by Gasteiger charge is 2.49. The number of anilines is 1. The highest BCUT2D eigenvalue weighted by Crippen LogP contribution is 2.31. The molecule has 4 amide bonds. The Morgan fingerprint density at radius 2 is 1.69 bits per heavy atom. The summed E-state index contributed by atoms with van der Waals surface area (Å²) in [5.74, 6) is 0.598. The average Bonchev–Trinajstić information content (AvgIpc) is 2.99. The Kier molecular flexibility index (Phi) is 6.87. The molecular formula is C23H27N3O6. The second-order valence-corrected chi connectivity index (χ2v) is 7.25. The van der Waals surface area contributed by atoms with Gasteiger partial charge < -0.3 is 24.8 Å². The molecular weight excluding hydrogens is 414 g/mol. The van der Waals surface area contributed by atoms with Crippen LogP contribution in [0.4, 0.5) is 10.5 Å². The number of rotatable bonds is 9. The zero-order valence-corrected chi connectivity index (χ0v) is 18.6. The molecule has 0 saturated carbocycles. The molecule has 9 heteroatoms. The number of ether oxygens (including phenoxy) is 3. The fourth-order valence-electron chi connectivity index (χ4n) is 3.44. The van der Waals surface area contributed by atoms with E-state index in [9.17, 15) is 14.4 Å². The minimum absolute atomic E-state index is 0.396. The number of methoxy groups -OCH3 is 1. The second kappa shape index (κ2) is 9.59. The topological polar surface area (TPSA) is 106 Å². The van der Waals surface area contributed by atoms with Crippen molar-refractivity contribution in [3.05, 3.63) is 48.0 Å². The standard InChI is InChI=1S/C23H27N3O6/c1-5-31-17-11-12-19(32-6-2)18(13-17)24-20(27)14-26-21(28)23(3,25-22(26)29)15-7-9-16(30-4)10-8-15/h7-13H,5-6,14H2,1-4H3,(H,24,27)(H,25,29). The first-order valence-electron chi connectivity index (χ1n) is 10.3. The van der Waals surface area contributed by atoms with Crippen LogP contribution in [0.5, 0.6) is 17.2 Å². The highest BCUT2D eigenvalue weighted by atomic mass is 16.5. The predicted molar refractivity (Wildman–Crippen MR) is 118 cm³/mol. The van der Waals surface area contributed by atoms with Crippen molar-refractivity contribution in [1.29, 1.82) is 0 Å². The number of benzene rings is 2. The lowest BCUT2D eigenvalue weighted by atomic mass is 9.92. The Bertz CT molecular complexity index is 1010. The van der Waals surface area contributed by atoms with Gasteiger partial charge in [-0.1, -0.05) is 12.1 Å². The van der Waals surface area contributed by atoms with Gasteiger partial charge in [0, 0.05) is 6.07 Å². The summed E-state index contributed by atoms with van der Waals surface area (Å²) in [7, 11) is 1.54. The first kappa shape index (κ1) is 22.9. The van der Waals surface area contributed by atoms with Crippen molar-refractivity contribution in [2.75, 3.05) is 32.2 Å². The molecule has 0 bridgehead atoms. The molecule has 1 heterocycles. The molecule has 9 nitrogen and oxygen atoms in total. The molecule has 1 fully saturated rings. The zero-order valence-electron chi connectivity index (χ0n) is 18.6. The van der Waals surface area contributed by atoms with Crippen LogP contribution in [0.2, 0.25) is 0 Å². The molecule has 170 valence electrons. The first-order valence-corrected chi connectivity index (χ1v) is 10.3. The van der Waals surface area contributed by atoms with Gasteiger partial charge in [0.15, 0.2) is 0 Å². The maximum absolute atomic E-state index is 13.1. The van der Waals surface area contributed by atoms with Gasteiger partial charge in [0.05, 0.1) is 26.0 Å². The quantitative estimate of drug-likeness (QED) is 0.580. The van der Waals surface area contributed by atoms with E-state index in [2.05, 4.69) is 10.6 Å². The summed E-state index contributed by atoms with van der Waals surface area (Å²) in [4.78, 5) is 39.2. The summed E-state index contributed by atoms with van der Waals surface area (Å²) < 4.78 is 16.2. The molecule has 0 spiro atoms. The van der Waals surface area contributed by atoms with Crippen molar-refractivity contribution < 1.29 is 28.6 Å². The number of carbonyl (C=O) groups excluding carboxylic acids is 3. The molecule has 1 atom stereocenters. The lowest BCUT2D eigenvalue weighted by molar-refractivity contribution is -0.133. The summed E-state index contributed by atoms with van der Waals surface area (Å²) in [6.45, 7) is 5.71. The Labute approximate surface area is 186 Å². The van der Waals surface area contributed by atoms with Crippen LogP contribution < -0.4 is 24.8 Å². The van der Waals surface area contributed by atoms with E-state index in [0.717, 1.165) is 4.90 Å². The molecule has 1 aliphatic heterocycles. The fraction of sp³-hybridized carbons (Fsp3) is 0.348. The van der Waals surface area contributed by atoms with Crippen molar-refractivity contribution in [2.24, 2.45) is 0 Å². The number of imide groups is 1. The van der Waals surface area contributed by atoms with Gasteiger partial charge >= 0.3 is 6.03 Å². The van der Waals surface area contributed by atoms with E-state index in [0.29, 0.717) is 41.7 Å². The van der Waals surface area contributed by atoms with Crippen LogP contribution in [0, 0.1) is 0 Å². The van der Waals surface area contributed by atoms with Crippen LogP contribution in [0.1, 0.15) is 26.3 Å². The van der Waals surface area contributed by atoms with Crippen molar-refractivity contribution in [2.45, 2.75) is 26.3 Å². The summed E-state index contributed by atoms with van der Waals surface area (Å²) in [5, 5.41) is 5.39. The van der Waals surface area contributed by atoms with Crippen molar-refractivity contribution in [1.82, 2.24) is 10.2 Å². The number of nitrogens with one attached hydrogen (secondary N) is 2. The largest absolute Gasteiger partial charge is 0.497 e. The Morgan fingerprint density at radius 1 is 1.03 bits per heavy atom. The number of hydrogen-bond donors (Lipinski definition) is 2. The van der Waals surface area contributed by atoms with Gasteiger partial charge in [-0.25, -0.2) is 4.79 Å². The molecule has 3 rings (SSSR count). The average molecular weight is 441 g/mol. The smallest absolute Gasteiger partial charge is 0.325 e. The molecule has 2 aromatic carbocycles. The number of hydrogen-bond acceptors (Lipinski definition) is 6. The molecule has 0 radical (unpaired) electrons. The van der Waals surface area contributed by atoms with Gasteiger partial charge in [0.1, 0.15) is 29.3 Å². The van der Waals surface area contributed by atoms with Crippen LogP contribution in [0.25, 0.3) is 0 Å². The Balaban J connectivity index is 1.76. The third-order valence-corrected chi connectivity index (χ3v) is 5.08. The van der Waals surface area contributed by atoms with Crippen molar-refractivity contribution in [3.63, 3.8) is 0 Å². The summed E-state index contributed by atoms with van der Waals surface area (Å²) >= 11 is 0. The summed E-state index contributed by atoms with van der Waals surface area (Å²) in [6.07, 6.45) is 0. The van der Waals surface area contributed by atoms with Crippen LogP contribution in [0.3, 0.4) is 0 Å². The van der Waals surface area contributed by atoms with Crippen LogP contribution in [0.15, 0.2) is 42.5 Å². The van der Waals surface area contributed by atoms with E-state index in [1.807, 2.05) is 13.8 Å². The second-order valence-electron chi connectivity index (χ2n) is 7.25. The summed E-state index contributed by atoms with van der Waals surface area (Å²) in [5.41, 5.74) is -0.301. The first-order chi connectivity index (χ1) is 15.3. The van der Waals surface area contributed by atoms with Crippen LogP contribution >= 0.6 is 0 Å². The zero-order chi connectivity index (χ0) is 23.3. The Morgan fingerprint density at radius 3 is 2.31 bits per heavy atom. The third kappa shape index (κ3) is 4.61. The molecule has 2 N–H and O–H groups in total. The minimum Gasteiger partial charge on any atom is -0.497 e. The van der Waals surface area contributed by atoms with Gasteiger partial charge in [0.2, 0.25) is 5.91 Å². The maximum Gasteiger partial charge on any atom is 0.325 e. The predicted octanol–water partition coefficient (Wildman–Crippen LogP) is 2.90. The van der Waals surface area contributed by atoms with E-state index in [-0.39, 0.29) is 0 Å². The number of carbonyl (C=O) groups is 3. The van der Waals surface area contributed by atoms with Gasteiger partial charge in [-0.05, 0) is 50.6 Å². The van der Waals surface area contributed by atoms with E-state index in [1.165, 1.54) is 0 Å². The number of urea groups is 1. The van der Waals surface area contributed by atoms with Gasteiger partial charge in [-0.2, -0.15) is 0 Å². The third-order valence-electron chi connectivity index (χ3n) is 5.08. The molecule has 1 unspecified atom stereocenters.